The van der Waals surface area contributed by atoms with Gasteiger partial charge in [-0.1, -0.05) is 6.92 Å². The Labute approximate surface area is 101 Å². The van der Waals surface area contributed by atoms with Crippen LogP contribution in [0.3, 0.4) is 0 Å². The molecule has 0 aliphatic heterocycles. The Kier molecular flexibility index (Phi) is 3.54. The predicted molar refractivity (Wildman–Crippen MR) is 68.4 cm³/mol. The Morgan fingerprint density at radius 3 is 2.82 bits per heavy atom. The Morgan fingerprint density at radius 1 is 1.29 bits per heavy atom. The minimum atomic E-state index is 0.517. The van der Waals surface area contributed by atoms with Crippen LogP contribution in [0.4, 0.5) is 0 Å². The molecule has 0 amide bonds. The fourth-order valence-corrected chi connectivity index (χ4v) is 1.91. The molecule has 4 nitrogen and oxygen atoms in total. The van der Waals surface area contributed by atoms with E-state index in [9.17, 15) is 0 Å². The Hall–Kier alpha value is -1.68. The van der Waals surface area contributed by atoms with Gasteiger partial charge >= 0.3 is 0 Å². The Balaban J connectivity index is 2.38. The van der Waals surface area contributed by atoms with E-state index in [2.05, 4.69) is 30.0 Å². The van der Waals surface area contributed by atoms with E-state index in [0.717, 1.165) is 29.7 Å². The summed E-state index contributed by atoms with van der Waals surface area (Å²) in [5.41, 5.74) is 10.1. The zero-order valence-corrected chi connectivity index (χ0v) is 10.3. The van der Waals surface area contributed by atoms with E-state index >= 15 is 0 Å². The van der Waals surface area contributed by atoms with Crippen LogP contribution in [0.1, 0.15) is 24.6 Å². The summed E-state index contributed by atoms with van der Waals surface area (Å²) < 4.78 is 2.03. The van der Waals surface area contributed by atoms with Gasteiger partial charge in [0.1, 0.15) is 0 Å². The number of nitrogens with zero attached hydrogens (tertiary/aromatic N) is 3. The largest absolute Gasteiger partial charge is 0.326 e. The first kappa shape index (κ1) is 11.8. The summed E-state index contributed by atoms with van der Waals surface area (Å²) in [4.78, 5) is 4.21. The lowest BCUT2D eigenvalue weighted by Gasteiger charge is -2.04. The number of hydrogen-bond acceptors (Lipinski definition) is 3. The lowest BCUT2D eigenvalue weighted by atomic mass is 10.1. The smallest absolute Gasteiger partial charge is 0.0571 e. The highest BCUT2D eigenvalue weighted by Crippen LogP contribution is 2.23. The van der Waals surface area contributed by atoms with E-state index < -0.39 is 0 Å². The van der Waals surface area contributed by atoms with Crippen LogP contribution >= 0.6 is 0 Å². The summed E-state index contributed by atoms with van der Waals surface area (Å²) in [7, 11) is 0. The second kappa shape index (κ2) is 5.10. The molecule has 0 spiro atoms. The quantitative estimate of drug-likeness (QED) is 0.875. The maximum absolute atomic E-state index is 5.63. The second-order valence-corrected chi connectivity index (χ2v) is 4.15. The van der Waals surface area contributed by atoms with Gasteiger partial charge in [0.2, 0.25) is 0 Å². The van der Waals surface area contributed by atoms with Crippen LogP contribution in [0.15, 0.2) is 24.7 Å². The van der Waals surface area contributed by atoms with E-state index in [4.69, 9.17) is 5.73 Å². The van der Waals surface area contributed by atoms with E-state index in [1.165, 1.54) is 5.69 Å². The van der Waals surface area contributed by atoms with Crippen LogP contribution < -0.4 is 5.73 Å². The molecule has 17 heavy (non-hydrogen) atoms. The molecule has 0 fully saturated rings. The van der Waals surface area contributed by atoms with Crippen LogP contribution in [-0.2, 0) is 13.1 Å². The van der Waals surface area contributed by atoms with Gasteiger partial charge in [0.05, 0.1) is 6.20 Å². The molecular weight excluding hydrogens is 212 g/mol. The van der Waals surface area contributed by atoms with Crippen LogP contribution in [0, 0.1) is 6.92 Å². The normalized spacial score (nSPS) is 10.8. The summed E-state index contributed by atoms with van der Waals surface area (Å²) >= 11 is 0. The number of nitrogens with two attached hydrogens (primary N) is 1. The summed E-state index contributed by atoms with van der Waals surface area (Å²) in [6.45, 7) is 5.71. The maximum atomic E-state index is 5.63. The Morgan fingerprint density at radius 2 is 2.12 bits per heavy atom. The zero-order chi connectivity index (χ0) is 12.3. The molecular formula is C13H18N4. The highest BCUT2D eigenvalue weighted by molar-refractivity contribution is 5.64. The summed E-state index contributed by atoms with van der Waals surface area (Å²) in [6, 6.07) is 2.08. The highest BCUT2D eigenvalue weighted by atomic mass is 15.3. The number of pyridine rings is 1. The van der Waals surface area contributed by atoms with Gasteiger partial charge in [0, 0.05) is 42.3 Å². The molecule has 2 aromatic rings. The van der Waals surface area contributed by atoms with Gasteiger partial charge in [-0.3, -0.25) is 9.67 Å². The summed E-state index contributed by atoms with van der Waals surface area (Å²) in [5, 5.41) is 4.39. The molecule has 0 saturated heterocycles. The van der Waals surface area contributed by atoms with Gasteiger partial charge in [-0.25, -0.2) is 0 Å². The minimum absolute atomic E-state index is 0.517. The molecule has 2 heterocycles. The lowest BCUT2D eigenvalue weighted by Crippen LogP contribution is -2.01. The van der Waals surface area contributed by atoms with Gasteiger partial charge in [-0.05, 0) is 25.0 Å². The highest BCUT2D eigenvalue weighted by Gasteiger charge is 2.08. The molecule has 0 saturated carbocycles. The fourth-order valence-electron chi connectivity index (χ4n) is 1.91. The molecule has 0 aliphatic rings. The molecule has 2 aromatic heterocycles. The first-order chi connectivity index (χ1) is 8.26. The average Bonchev–Trinajstić information content (AvgIpc) is 2.72. The van der Waals surface area contributed by atoms with Crippen LogP contribution in [0.5, 0.6) is 0 Å². The van der Waals surface area contributed by atoms with Crippen molar-refractivity contribution in [1.29, 1.82) is 0 Å². The van der Waals surface area contributed by atoms with Crippen molar-refractivity contribution in [2.75, 3.05) is 0 Å². The van der Waals surface area contributed by atoms with Crippen molar-refractivity contribution in [2.45, 2.75) is 33.4 Å². The number of hydrogen-bond donors (Lipinski definition) is 1. The average molecular weight is 230 g/mol. The summed E-state index contributed by atoms with van der Waals surface area (Å²) in [5.74, 6) is 0. The van der Waals surface area contributed by atoms with Crippen molar-refractivity contribution in [3.63, 3.8) is 0 Å². The third-order valence-electron chi connectivity index (χ3n) is 2.88. The van der Waals surface area contributed by atoms with Crippen LogP contribution in [0.2, 0.25) is 0 Å². The van der Waals surface area contributed by atoms with Crippen molar-refractivity contribution in [3.05, 3.63) is 35.9 Å². The molecule has 2 N–H and O–H groups in total. The van der Waals surface area contributed by atoms with Crippen LogP contribution in [0.25, 0.3) is 11.1 Å². The molecule has 0 radical (unpaired) electrons. The van der Waals surface area contributed by atoms with Gasteiger partial charge in [-0.2, -0.15) is 5.10 Å². The van der Waals surface area contributed by atoms with Crippen molar-refractivity contribution in [2.24, 2.45) is 5.73 Å². The third-order valence-corrected chi connectivity index (χ3v) is 2.88. The molecule has 0 aliphatic carbocycles. The lowest BCUT2D eigenvalue weighted by molar-refractivity contribution is 0.587. The first-order valence-electron chi connectivity index (χ1n) is 5.93. The molecule has 90 valence electrons. The van der Waals surface area contributed by atoms with E-state index in [-0.39, 0.29) is 0 Å². The number of aromatic nitrogens is 3. The van der Waals surface area contributed by atoms with Crippen molar-refractivity contribution in [1.82, 2.24) is 14.8 Å². The molecule has 0 atom stereocenters. The SMILES string of the molecule is CCCn1ncc(-c2cncc(CN)c2)c1C. The molecule has 0 bridgehead atoms. The van der Waals surface area contributed by atoms with Gasteiger partial charge in [0.15, 0.2) is 0 Å². The monoisotopic (exact) mass is 230 g/mol. The van der Waals surface area contributed by atoms with Gasteiger partial charge in [-0.15, -0.1) is 0 Å². The van der Waals surface area contributed by atoms with Gasteiger partial charge in [0.25, 0.3) is 0 Å². The standard InChI is InChI=1S/C13H18N4/c1-3-4-17-10(2)13(9-16-17)12-5-11(6-14)7-15-8-12/h5,7-9H,3-4,6,14H2,1-2H3. The zero-order valence-electron chi connectivity index (χ0n) is 10.3. The third kappa shape index (κ3) is 2.36. The Bertz CT molecular complexity index is 502. The van der Waals surface area contributed by atoms with Crippen LogP contribution in [-0.4, -0.2) is 14.8 Å². The van der Waals surface area contributed by atoms with E-state index in [1.807, 2.05) is 17.1 Å². The summed E-state index contributed by atoms with van der Waals surface area (Å²) in [6.07, 6.45) is 6.65. The van der Waals surface area contributed by atoms with Crippen molar-refractivity contribution in [3.8, 4) is 11.1 Å². The molecule has 4 heteroatoms. The first-order valence-corrected chi connectivity index (χ1v) is 5.93. The molecule has 2 rings (SSSR count). The minimum Gasteiger partial charge on any atom is -0.326 e. The van der Waals surface area contributed by atoms with Crippen molar-refractivity contribution >= 4 is 0 Å². The molecule has 0 aromatic carbocycles. The number of aryl methyl sites for hydroxylation is 1. The topological polar surface area (TPSA) is 56.7 Å². The molecule has 0 unspecified atom stereocenters. The van der Waals surface area contributed by atoms with E-state index in [1.54, 1.807) is 6.20 Å². The second-order valence-electron chi connectivity index (χ2n) is 4.15. The number of rotatable bonds is 4. The van der Waals surface area contributed by atoms with E-state index in [0.29, 0.717) is 6.54 Å². The van der Waals surface area contributed by atoms with Crippen molar-refractivity contribution < 1.29 is 0 Å². The van der Waals surface area contributed by atoms with Gasteiger partial charge < -0.3 is 5.73 Å². The predicted octanol–water partition coefficient (Wildman–Crippen LogP) is 2.12. The maximum Gasteiger partial charge on any atom is 0.0571 e. The fraction of sp³-hybridized carbons (Fsp3) is 0.385.